The molecule has 1 heterocycles. The number of hydrogen-bond acceptors (Lipinski definition) is 2. The summed E-state index contributed by atoms with van der Waals surface area (Å²) in [6, 6.07) is 7.23. The molecule has 17 heavy (non-hydrogen) atoms. The number of rotatable bonds is 2. The fourth-order valence-electron chi connectivity index (χ4n) is 1.22. The third kappa shape index (κ3) is 3.35. The van der Waals surface area contributed by atoms with Gasteiger partial charge in [-0.25, -0.2) is 4.98 Å². The van der Waals surface area contributed by atoms with Gasteiger partial charge in [0.1, 0.15) is 5.82 Å². The zero-order chi connectivity index (χ0) is 12.4. The lowest BCUT2D eigenvalue weighted by atomic mass is 10.3. The molecule has 0 amide bonds. The summed E-state index contributed by atoms with van der Waals surface area (Å²) in [6.07, 6.45) is 1.71. The summed E-state index contributed by atoms with van der Waals surface area (Å²) in [5.74, 6) is 0.714. The van der Waals surface area contributed by atoms with Gasteiger partial charge < -0.3 is 5.32 Å². The molecule has 88 valence electrons. The van der Waals surface area contributed by atoms with Gasteiger partial charge in [0.05, 0.1) is 14.5 Å². The Morgan fingerprint density at radius 2 is 1.82 bits per heavy atom. The van der Waals surface area contributed by atoms with Crippen LogP contribution < -0.4 is 5.32 Å². The fraction of sp³-hybridized carbons (Fsp3) is 0. The van der Waals surface area contributed by atoms with E-state index in [1.807, 2.05) is 12.1 Å². The summed E-state index contributed by atoms with van der Waals surface area (Å²) in [5, 5.41) is 4.18. The number of benzene rings is 1. The molecule has 6 heteroatoms. The molecule has 2 aromatic rings. The molecular weight excluding hydrogens is 391 g/mol. The van der Waals surface area contributed by atoms with E-state index in [0.29, 0.717) is 15.9 Å². The van der Waals surface area contributed by atoms with Crippen molar-refractivity contribution in [2.45, 2.75) is 0 Å². The average molecular weight is 397 g/mol. The molecule has 2 nitrogen and oxygen atoms in total. The third-order valence-corrected chi connectivity index (χ3v) is 3.77. The molecule has 0 bridgehead atoms. The van der Waals surface area contributed by atoms with Crippen molar-refractivity contribution in [2.24, 2.45) is 0 Å². The second-order valence-corrected chi connectivity index (χ2v) is 5.82. The van der Waals surface area contributed by atoms with E-state index in [9.17, 15) is 0 Å². The van der Waals surface area contributed by atoms with Crippen LogP contribution in [-0.2, 0) is 0 Å². The van der Waals surface area contributed by atoms with E-state index in [1.54, 1.807) is 18.3 Å². The largest absolute Gasteiger partial charge is 0.339 e. The van der Waals surface area contributed by atoms with E-state index in [2.05, 4.69) is 42.2 Å². The second kappa shape index (κ2) is 5.57. The van der Waals surface area contributed by atoms with Crippen molar-refractivity contribution >= 4 is 66.6 Å². The van der Waals surface area contributed by atoms with Gasteiger partial charge in [-0.3, -0.25) is 0 Å². The first-order valence-electron chi connectivity index (χ1n) is 4.59. The number of anilines is 2. The van der Waals surface area contributed by atoms with Crippen LogP contribution in [0.2, 0.25) is 10.0 Å². The Morgan fingerprint density at radius 3 is 2.47 bits per heavy atom. The molecule has 0 saturated carbocycles. The Hall–Kier alpha value is -0.290. The highest BCUT2D eigenvalue weighted by atomic mass is 79.9. The molecule has 1 aromatic heterocycles. The molecule has 0 aliphatic heterocycles. The molecule has 0 atom stereocenters. The van der Waals surface area contributed by atoms with Gasteiger partial charge in [0.25, 0.3) is 0 Å². The van der Waals surface area contributed by atoms with E-state index in [1.165, 1.54) is 0 Å². The van der Waals surface area contributed by atoms with Crippen LogP contribution in [0.25, 0.3) is 0 Å². The highest BCUT2D eigenvalue weighted by Gasteiger charge is 2.04. The minimum absolute atomic E-state index is 0.505. The Labute approximate surface area is 126 Å². The summed E-state index contributed by atoms with van der Waals surface area (Å²) in [6.45, 7) is 0. The van der Waals surface area contributed by atoms with Gasteiger partial charge in [-0.1, -0.05) is 23.2 Å². The van der Waals surface area contributed by atoms with Crippen molar-refractivity contribution in [2.75, 3.05) is 5.32 Å². The predicted molar refractivity (Wildman–Crippen MR) is 79.4 cm³/mol. The smallest absolute Gasteiger partial charge is 0.144 e. The number of aromatic nitrogens is 1. The van der Waals surface area contributed by atoms with Gasteiger partial charge in [0.15, 0.2) is 0 Å². The second-order valence-electron chi connectivity index (χ2n) is 3.24. The van der Waals surface area contributed by atoms with Crippen LogP contribution in [0.4, 0.5) is 11.5 Å². The van der Waals surface area contributed by atoms with Crippen LogP contribution in [0.15, 0.2) is 39.4 Å². The van der Waals surface area contributed by atoms with Gasteiger partial charge in [-0.2, -0.15) is 0 Å². The van der Waals surface area contributed by atoms with E-state index in [-0.39, 0.29) is 0 Å². The van der Waals surface area contributed by atoms with Gasteiger partial charge in [-0.05, 0) is 56.1 Å². The lowest BCUT2D eigenvalue weighted by molar-refractivity contribution is 1.27. The topological polar surface area (TPSA) is 24.9 Å². The zero-order valence-corrected chi connectivity index (χ0v) is 13.0. The van der Waals surface area contributed by atoms with Crippen molar-refractivity contribution < 1.29 is 0 Å². The quantitative estimate of drug-likeness (QED) is 0.708. The van der Waals surface area contributed by atoms with E-state index in [0.717, 1.165) is 14.6 Å². The van der Waals surface area contributed by atoms with Crippen molar-refractivity contribution in [3.05, 3.63) is 49.5 Å². The maximum atomic E-state index is 5.93. The Morgan fingerprint density at radius 1 is 1.06 bits per heavy atom. The number of halogens is 4. The molecule has 0 fully saturated rings. The summed E-state index contributed by atoms with van der Waals surface area (Å²) in [7, 11) is 0. The normalized spacial score (nSPS) is 10.4. The number of hydrogen-bond donors (Lipinski definition) is 1. The first-order chi connectivity index (χ1) is 8.06. The van der Waals surface area contributed by atoms with Gasteiger partial charge in [-0.15, -0.1) is 0 Å². The first kappa shape index (κ1) is 13.1. The van der Waals surface area contributed by atoms with E-state index < -0.39 is 0 Å². The van der Waals surface area contributed by atoms with Crippen LogP contribution in [-0.4, -0.2) is 4.98 Å². The molecular formula is C11H6Br2Cl2N2. The summed E-state index contributed by atoms with van der Waals surface area (Å²) in [5.41, 5.74) is 0.829. The first-order valence-corrected chi connectivity index (χ1v) is 6.93. The Balaban J connectivity index is 2.28. The van der Waals surface area contributed by atoms with Crippen LogP contribution in [0.5, 0.6) is 0 Å². The fourth-order valence-corrected chi connectivity index (χ4v) is 2.60. The van der Waals surface area contributed by atoms with Crippen molar-refractivity contribution in [1.82, 2.24) is 4.98 Å². The van der Waals surface area contributed by atoms with E-state index in [4.69, 9.17) is 23.2 Å². The van der Waals surface area contributed by atoms with Gasteiger partial charge in [0.2, 0.25) is 0 Å². The Bertz CT molecular complexity index is 561. The predicted octanol–water partition coefficient (Wildman–Crippen LogP) is 5.66. The van der Waals surface area contributed by atoms with E-state index >= 15 is 0 Å². The maximum Gasteiger partial charge on any atom is 0.144 e. The highest BCUT2D eigenvalue weighted by molar-refractivity contribution is 9.11. The average Bonchev–Trinajstić information content (AvgIpc) is 2.27. The lowest BCUT2D eigenvalue weighted by Gasteiger charge is -2.08. The molecule has 1 aromatic carbocycles. The zero-order valence-electron chi connectivity index (χ0n) is 8.35. The van der Waals surface area contributed by atoms with Crippen molar-refractivity contribution in [3.63, 3.8) is 0 Å². The minimum Gasteiger partial charge on any atom is -0.339 e. The summed E-state index contributed by atoms with van der Waals surface area (Å²) >= 11 is 18.5. The number of nitrogens with zero attached hydrogens (tertiary/aromatic N) is 1. The molecule has 0 aliphatic carbocycles. The molecule has 0 unspecified atom stereocenters. The molecule has 0 radical (unpaired) electrons. The van der Waals surface area contributed by atoms with Crippen molar-refractivity contribution in [3.8, 4) is 0 Å². The highest BCUT2D eigenvalue weighted by Crippen LogP contribution is 2.29. The van der Waals surface area contributed by atoms with Crippen molar-refractivity contribution in [1.29, 1.82) is 0 Å². The number of nitrogens with one attached hydrogen (secondary N) is 1. The summed E-state index contributed by atoms with van der Waals surface area (Å²) < 4.78 is 1.77. The lowest BCUT2D eigenvalue weighted by Crippen LogP contribution is -1.94. The van der Waals surface area contributed by atoms with Gasteiger partial charge >= 0.3 is 0 Å². The molecule has 0 spiro atoms. The minimum atomic E-state index is 0.505. The Kier molecular flexibility index (Phi) is 4.31. The monoisotopic (exact) mass is 394 g/mol. The summed E-state index contributed by atoms with van der Waals surface area (Å²) in [4.78, 5) is 4.24. The number of pyridine rings is 1. The molecule has 0 aliphatic rings. The molecule has 1 N–H and O–H groups in total. The third-order valence-electron chi connectivity index (χ3n) is 1.99. The standard InChI is InChI=1S/C11H6Br2Cl2N2/c12-6-3-8(13)11(16-5-6)17-7-1-2-9(14)10(15)4-7/h1-5H,(H,16,17). The van der Waals surface area contributed by atoms with Crippen LogP contribution in [0.1, 0.15) is 0 Å². The maximum absolute atomic E-state index is 5.93. The van der Waals surface area contributed by atoms with Gasteiger partial charge in [0, 0.05) is 16.4 Å². The SMILES string of the molecule is Clc1ccc(Nc2ncc(Br)cc2Br)cc1Cl. The van der Waals surface area contributed by atoms with Crippen LogP contribution in [0.3, 0.4) is 0 Å². The molecule has 2 rings (SSSR count). The van der Waals surface area contributed by atoms with Crippen LogP contribution >= 0.6 is 55.1 Å². The van der Waals surface area contributed by atoms with Crippen LogP contribution in [0, 0.1) is 0 Å². The molecule has 0 saturated heterocycles.